The Hall–Kier alpha value is -2.74. The molecule has 3 aliphatic rings. The van der Waals surface area contributed by atoms with Crippen LogP contribution in [0.5, 0.6) is 6.01 Å². The number of ether oxygens (including phenoxy) is 2. The van der Waals surface area contributed by atoms with E-state index in [0.29, 0.717) is 18.4 Å². The van der Waals surface area contributed by atoms with Crippen LogP contribution in [0.2, 0.25) is 0 Å². The average Bonchev–Trinajstić information content (AvgIpc) is 3.30. The molecule has 1 aliphatic carbocycles. The summed E-state index contributed by atoms with van der Waals surface area (Å²) in [6, 6.07) is 4.28. The minimum Gasteiger partial charge on any atom is -0.461 e. The highest BCUT2D eigenvalue weighted by molar-refractivity contribution is 5.89. The second kappa shape index (κ2) is 6.41. The van der Waals surface area contributed by atoms with Crippen molar-refractivity contribution in [1.29, 1.82) is 0 Å². The van der Waals surface area contributed by atoms with Gasteiger partial charge in [-0.2, -0.15) is 4.98 Å². The zero-order valence-corrected chi connectivity index (χ0v) is 16.1. The zero-order chi connectivity index (χ0) is 19.3. The maximum atomic E-state index is 11.4. The van der Waals surface area contributed by atoms with E-state index in [1.54, 1.807) is 0 Å². The van der Waals surface area contributed by atoms with Gasteiger partial charge in [-0.1, -0.05) is 0 Å². The Morgan fingerprint density at radius 2 is 2.21 bits per heavy atom. The Morgan fingerprint density at radius 3 is 2.89 bits per heavy atom. The summed E-state index contributed by atoms with van der Waals surface area (Å²) in [7, 11) is 0. The third-order valence-corrected chi connectivity index (χ3v) is 5.65. The van der Waals surface area contributed by atoms with Gasteiger partial charge in [0, 0.05) is 61.5 Å². The molecule has 1 amide bonds. The number of anilines is 3. The fourth-order valence-electron chi connectivity index (χ4n) is 3.89. The smallest absolute Gasteiger partial charge is 0.318 e. The molecule has 5 rings (SSSR count). The van der Waals surface area contributed by atoms with E-state index in [0.717, 1.165) is 49.6 Å². The lowest BCUT2D eigenvalue weighted by Crippen LogP contribution is -2.33. The van der Waals surface area contributed by atoms with Crippen molar-refractivity contribution in [3.05, 3.63) is 29.6 Å². The van der Waals surface area contributed by atoms with Crippen molar-refractivity contribution in [3.63, 3.8) is 0 Å². The summed E-state index contributed by atoms with van der Waals surface area (Å²) in [6.45, 7) is 5.55. The van der Waals surface area contributed by atoms with Gasteiger partial charge in [0.25, 0.3) is 0 Å². The summed E-state index contributed by atoms with van der Waals surface area (Å²) >= 11 is 0. The Balaban J connectivity index is 1.46. The average molecular weight is 381 g/mol. The Bertz CT molecular complexity index is 939. The lowest BCUT2D eigenvalue weighted by molar-refractivity contribution is -0.114. The van der Waals surface area contributed by atoms with E-state index in [1.165, 1.54) is 12.5 Å². The van der Waals surface area contributed by atoms with Crippen molar-refractivity contribution in [3.8, 4) is 6.01 Å². The van der Waals surface area contributed by atoms with Crippen LogP contribution in [0.25, 0.3) is 0 Å². The van der Waals surface area contributed by atoms with Gasteiger partial charge in [0.05, 0.1) is 11.8 Å². The maximum Gasteiger partial charge on any atom is 0.318 e. The van der Waals surface area contributed by atoms with Gasteiger partial charge in [0.1, 0.15) is 18.2 Å². The molecule has 4 heterocycles. The van der Waals surface area contributed by atoms with Gasteiger partial charge in [-0.05, 0) is 19.8 Å². The topological polar surface area (TPSA) is 89.5 Å². The number of aryl methyl sites for hydroxylation is 1. The quantitative estimate of drug-likeness (QED) is 0.851. The first-order valence-corrected chi connectivity index (χ1v) is 9.68. The molecule has 0 aromatic carbocycles. The first-order chi connectivity index (χ1) is 13.5. The monoisotopic (exact) mass is 381 g/mol. The highest BCUT2D eigenvalue weighted by Crippen LogP contribution is 2.58. The third-order valence-electron chi connectivity index (χ3n) is 5.65. The van der Waals surface area contributed by atoms with Crippen LogP contribution < -0.4 is 15.0 Å². The van der Waals surface area contributed by atoms with E-state index in [9.17, 15) is 4.79 Å². The SMILES string of the molecule is CC(=O)Nc1cc2c(cn1)C1(CC1)CN2c1cc(C)nc(OC[C@H]2CCO2)n1. The summed E-state index contributed by atoms with van der Waals surface area (Å²) in [4.78, 5) is 27.1. The van der Waals surface area contributed by atoms with Crippen molar-refractivity contribution < 1.29 is 14.3 Å². The van der Waals surface area contributed by atoms with E-state index in [-0.39, 0.29) is 17.4 Å². The van der Waals surface area contributed by atoms with Gasteiger partial charge in [-0.3, -0.25) is 4.79 Å². The second-order valence-corrected chi connectivity index (χ2v) is 7.88. The lowest BCUT2D eigenvalue weighted by atomic mass is 10.0. The van der Waals surface area contributed by atoms with Crippen LogP contribution in [-0.2, 0) is 14.9 Å². The molecule has 2 fully saturated rings. The van der Waals surface area contributed by atoms with Crippen LogP contribution in [-0.4, -0.2) is 46.7 Å². The Morgan fingerprint density at radius 1 is 1.39 bits per heavy atom. The number of fused-ring (bicyclic) bond motifs is 2. The van der Waals surface area contributed by atoms with Gasteiger partial charge in [0.15, 0.2) is 0 Å². The van der Waals surface area contributed by atoms with Crippen LogP contribution in [0.15, 0.2) is 18.3 Å². The largest absolute Gasteiger partial charge is 0.461 e. The number of hydrogen-bond donors (Lipinski definition) is 1. The molecule has 1 atom stereocenters. The molecule has 1 saturated heterocycles. The number of carbonyl (C=O) groups is 1. The van der Waals surface area contributed by atoms with Gasteiger partial charge < -0.3 is 19.7 Å². The molecular weight excluding hydrogens is 358 g/mol. The van der Waals surface area contributed by atoms with Crippen LogP contribution in [0.4, 0.5) is 17.3 Å². The first kappa shape index (κ1) is 17.4. The number of carbonyl (C=O) groups excluding carboxylic acids is 1. The van der Waals surface area contributed by atoms with Gasteiger partial charge in [0.2, 0.25) is 5.91 Å². The predicted molar refractivity (Wildman–Crippen MR) is 103 cm³/mol. The molecule has 0 bridgehead atoms. The first-order valence-electron chi connectivity index (χ1n) is 9.68. The maximum absolute atomic E-state index is 11.4. The number of hydrogen-bond acceptors (Lipinski definition) is 7. The number of nitrogens with one attached hydrogen (secondary N) is 1. The molecule has 1 N–H and O–H groups in total. The van der Waals surface area contributed by atoms with E-state index in [2.05, 4.69) is 25.2 Å². The normalized spacial score (nSPS) is 21.2. The summed E-state index contributed by atoms with van der Waals surface area (Å²) < 4.78 is 11.2. The van der Waals surface area contributed by atoms with Crippen LogP contribution in [0, 0.1) is 6.92 Å². The van der Waals surface area contributed by atoms with E-state index in [4.69, 9.17) is 9.47 Å². The standard InChI is InChI=1S/C20H23N5O3/c1-12-7-18(24-19(22-12)28-10-14-3-6-27-14)25-11-20(4-5-20)15-9-21-17(8-16(15)25)23-13(2)26/h7-9,14H,3-6,10-11H2,1-2H3,(H,21,23,26)/t14-/m1/s1. The minimum absolute atomic E-state index is 0.134. The summed E-state index contributed by atoms with van der Waals surface area (Å²) in [5.74, 6) is 1.23. The molecule has 0 radical (unpaired) electrons. The molecule has 146 valence electrons. The van der Waals surface area contributed by atoms with Crippen LogP contribution >= 0.6 is 0 Å². The van der Waals surface area contributed by atoms with E-state index >= 15 is 0 Å². The van der Waals surface area contributed by atoms with Crippen LogP contribution in [0.1, 0.15) is 37.4 Å². The number of pyridine rings is 1. The number of rotatable bonds is 5. The van der Waals surface area contributed by atoms with Crippen molar-refractivity contribution >= 4 is 23.2 Å². The van der Waals surface area contributed by atoms with Crippen molar-refractivity contribution in [1.82, 2.24) is 15.0 Å². The molecule has 28 heavy (non-hydrogen) atoms. The minimum atomic E-state index is -0.134. The molecule has 8 heteroatoms. The fraction of sp³-hybridized carbons (Fsp3) is 0.500. The molecule has 8 nitrogen and oxygen atoms in total. The highest BCUT2D eigenvalue weighted by Gasteiger charge is 2.52. The molecule has 2 aromatic rings. The fourth-order valence-corrected chi connectivity index (χ4v) is 3.89. The second-order valence-electron chi connectivity index (χ2n) is 7.88. The van der Waals surface area contributed by atoms with Crippen molar-refractivity contribution in [2.24, 2.45) is 0 Å². The molecule has 0 unspecified atom stereocenters. The summed E-state index contributed by atoms with van der Waals surface area (Å²) in [5.41, 5.74) is 3.27. The summed E-state index contributed by atoms with van der Waals surface area (Å²) in [6.07, 6.45) is 5.34. The van der Waals surface area contributed by atoms with E-state index in [1.807, 2.05) is 25.3 Å². The molecule has 1 spiro atoms. The molecule has 2 aromatic heterocycles. The lowest BCUT2D eigenvalue weighted by Gasteiger charge is -2.26. The number of aromatic nitrogens is 3. The van der Waals surface area contributed by atoms with Gasteiger partial charge >= 0.3 is 6.01 Å². The summed E-state index contributed by atoms with van der Waals surface area (Å²) in [5, 5.41) is 2.77. The Kier molecular flexibility index (Phi) is 3.97. The Labute approximate surface area is 163 Å². The van der Waals surface area contributed by atoms with Crippen LogP contribution in [0.3, 0.4) is 0 Å². The highest BCUT2D eigenvalue weighted by atomic mass is 16.6. The zero-order valence-electron chi connectivity index (χ0n) is 16.1. The molecule has 1 saturated carbocycles. The molecular formula is C20H23N5O3. The van der Waals surface area contributed by atoms with Crippen molar-refractivity contribution in [2.75, 3.05) is 30.0 Å². The van der Waals surface area contributed by atoms with Crippen molar-refractivity contribution in [2.45, 2.75) is 44.6 Å². The van der Waals surface area contributed by atoms with Gasteiger partial charge in [-0.25, -0.2) is 9.97 Å². The molecule has 2 aliphatic heterocycles. The number of amides is 1. The van der Waals surface area contributed by atoms with E-state index < -0.39 is 0 Å². The predicted octanol–water partition coefficient (Wildman–Crippen LogP) is 2.49. The number of nitrogens with zero attached hydrogens (tertiary/aromatic N) is 4. The van der Waals surface area contributed by atoms with Gasteiger partial charge in [-0.15, -0.1) is 0 Å². The third kappa shape index (κ3) is 3.07.